The molecule has 0 aromatic rings. The molecule has 0 nitrogen and oxygen atoms in total. The number of hydrogen-bond acceptors (Lipinski definition) is 1. The first-order valence-electron chi connectivity index (χ1n) is 4.16. The standard InChI is InChI=1S/C8H17S.Sn/c1-2-3-4-5-6-7-8-9;/h8-9H,2-7H2,1H3;. The van der Waals surface area contributed by atoms with Crippen molar-refractivity contribution >= 4 is 35.2 Å². The van der Waals surface area contributed by atoms with Crippen molar-refractivity contribution < 1.29 is 0 Å². The summed E-state index contributed by atoms with van der Waals surface area (Å²) in [7, 11) is 0. The first-order valence-corrected chi connectivity index (χ1v) is 6.33. The van der Waals surface area contributed by atoms with Crippen molar-refractivity contribution in [3.8, 4) is 0 Å². The van der Waals surface area contributed by atoms with Crippen LogP contribution in [-0.4, -0.2) is 25.8 Å². The Bertz CT molecular complexity index is 64.3. The van der Waals surface area contributed by atoms with Gasteiger partial charge in [0.25, 0.3) is 0 Å². The van der Waals surface area contributed by atoms with E-state index < -0.39 is 0 Å². The second kappa shape index (κ2) is 8.25. The van der Waals surface area contributed by atoms with Gasteiger partial charge in [0.05, 0.1) is 0 Å². The van der Waals surface area contributed by atoms with Crippen molar-refractivity contribution in [3.05, 3.63) is 0 Å². The Balaban J connectivity index is 2.77. The van der Waals surface area contributed by atoms with Crippen LogP contribution in [0.2, 0.25) is 0 Å². The molecule has 1 unspecified atom stereocenters. The zero-order valence-electron chi connectivity index (χ0n) is 6.77. The topological polar surface area (TPSA) is 0 Å². The third-order valence-electron chi connectivity index (χ3n) is 1.58. The molecule has 0 aromatic heterocycles. The van der Waals surface area contributed by atoms with Crippen molar-refractivity contribution in [2.24, 2.45) is 0 Å². The molecule has 0 aromatic carbocycles. The number of thiol groups is 1. The molecule has 0 fully saturated rings. The van der Waals surface area contributed by atoms with Crippen LogP contribution < -0.4 is 0 Å². The maximum atomic E-state index is 4.36. The van der Waals surface area contributed by atoms with E-state index in [9.17, 15) is 0 Å². The van der Waals surface area contributed by atoms with E-state index in [1.165, 1.54) is 38.5 Å². The van der Waals surface area contributed by atoms with Crippen LogP contribution in [0.1, 0.15) is 45.4 Å². The van der Waals surface area contributed by atoms with Crippen LogP contribution in [0.25, 0.3) is 0 Å². The van der Waals surface area contributed by atoms with E-state index in [0.717, 1.165) is 0 Å². The Morgan fingerprint density at radius 1 is 1.20 bits per heavy atom. The maximum absolute atomic E-state index is 4.36. The fourth-order valence-corrected chi connectivity index (χ4v) is 1.71. The molecule has 0 bridgehead atoms. The number of unbranched alkanes of at least 4 members (excludes halogenated alkanes) is 4. The van der Waals surface area contributed by atoms with Gasteiger partial charge >= 0.3 is 83.9 Å². The van der Waals surface area contributed by atoms with Gasteiger partial charge in [0.2, 0.25) is 0 Å². The summed E-state index contributed by atoms with van der Waals surface area (Å²) in [6, 6.07) is 0. The zero-order valence-corrected chi connectivity index (χ0v) is 10.5. The minimum absolute atomic E-state index is 0.689. The molecule has 59 valence electrons. The monoisotopic (exact) mass is 265 g/mol. The normalized spacial score (nSPS) is 13.5. The van der Waals surface area contributed by atoms with Gasteiger partial charge in [-0.15, -0.1) is 0 Å². The first kappa shape index (κ1) is 11.1. The van der Waals surface area contributed by atoms with Gasteiger partial charge in [0.15, 0.2) is 0 Å². The summed E-state index contributed by atoms with van der Waals surface area (Å²) in [5, 5.41) is 0. The average Bonchev–Trinajstić information content (AvgIpc) is 1.87. The molecule has 2 heteroatoms. The molecule has 3 radical (unpaired) electrons. The van der Waals surface area contributed by atoms with Crippen molar-refractivity contribution in [2.75, 3.05) is 0 Å². The summed E-state index contributed by atoms with van der Waals surface area (Å²) in [5.74, 6) is 0. The summed E-state index contributed by atoms with van der Waals surface area (Å²) in [6.45, 7) is 2.26. The van der Waals surface area contributed by atoms with E-state index in [-0.39, 0.29) is 0 Å². The van der Waals surface area contributed by atoms with E-state index in [2.05, 4.69) is 19.6 Å². The molecule has 10 heavy (non-hydrogen) atoms. The van der Waals surface area contributed by atoms with Gasteiger partial charge in [0.1, 0.15) is 0 Å². The van der Waals surface area contributed by atoms with E-state index in [1.54, 1.807) is 22.5 Å². The molecule has 0 amide bonds. The van der Waals surface area contributed by atoms with Gasteiger partial charge in [-0.05, 0) is 0 Å². The van der Waals surface area contributed by atoms with Crippen LogP contribution in [0.15, 0.2) is 0 Å². The van der Waals surface area contributed by atoms with Gasteiger partial charge in [-0.1, -0.05) is 0 Å². The molecule has 0 aliphatic heterocycles. The SMILES string of the molecule is CCCCCCC[CH](S)[Sn]. The molecule has 0 aliphatic rings. The number of rotatable bonds is 6. The van der Waals surface area contributed by atoms with Crippen LogP contribution in [0.5, 0.6) is 0 Å². The zero-order chi connectivity index (χ0) is 7.82. The Morgan fingerprint density at radius 3 is 2.30 bits per heavy atom. The van der Waals surface area contributed by atoms with Gasteiger partial charge < -0.3 is 0 Å². The molecule has 0 N–H and O–H groups in total. The third kappa shape index (κ3) is 9.15. The second-order valence-corrected chi connectivity index (χ2v) is 6.72. The van der Waals surface area contributed by atoms with E-state index in [1.807, 2.05) is 0 Å². The summed E-state index contributed by atoms with van der Waals surface area (Å²) in [6.07, 6.45) is 8.31. The first-order chi connectivity index (χ1) is 4.77. The van der Waals surface area contributed by atoms with Crippen molar-refractivity contribution in [3.63, 3.8) is 0 Å². The Morgan fingerprint density at radius 2 is 1.80 bits per heavy atom. The second-order valence-electron chi connectivity index (χ2n) is 2.72. The predicted molar refractivity (Wildman–Crippen MR) is 51.9 cm³/mol. The van der Waals surface area contributed by atoms with Crippen molar-refractivity contribution in [1.29, 1.82) is 0 Å². The van der Waals surface area contributed by atoms with Crippen LogP contribution in [0.4, 0.5) is 0 Å². The van der Waals surface area contributed by atoms with Gasteiger partial charge in [-0.3, -0.25) is 0 Å². The number of hydrogen-bond donors (Lipinski definition) is 1. The predicted octanol–water partition coefficient (Wildman–Crippen LogP) is 2.77. The Kier molecular flexibility index (Phi) is 9.19. The molecule has 0 aliphatic carbocycles. The average molecular weight is 264 g/mol. The Labute approximate surface area is 83.7 Å². The van der Waals surface area contributed by atoms with Crippen LogP contribution in [-0.2, 0) is 0 Å². The van der Waals surface area contributed by atoms with Gasteiger partial charge in [0, 0.05) is 0 Å². The van der Waals surface area contributed by atoms with Crippen molar-refractivity contribution in [1.82, 2.24) is 0 Å². The van der Waals surface area contributed by atoms with Gasteiger partial charge in [-0.2, -0.15) is 0 Å². The molecule has 0 heterocycles. The third-order valence-corrected chi connectivity index (χ3v) is 2.66. The van der Waals surface area contributed by atoms with E-state index >= 15 is 0 Å². The summed E-state index contributed by atoms with van der Waals surface area (Å²) < 4.78 is 0.689. The summed E-state index contributed by atoms with van der Waals surface area (Å²) >= 11 is 5.94. The molecule has 1 atom stereocenters. The minimum atomic E-state index is 0.689. The van der Waals surface area contributed by atoms with Gasteiger partial charge in [-0.25, -0.2) is 0 Å². The Hall–Kier alpha value is 1.15. The quantitative estimate of drug-likeness (QED) is 0.425. The van der Waals surface area contributed by atoms with Crippen LogP contribution in [0, 0.1) is 0 Å². The summed E-state index contributed by atoms with van der Waals surface area (Å²) in [5.41, 5.74) is 0. The molecule has 0 saturated carbocycles. The molecule has 0 saturated heterocycles. The van der Waals surface area contributed by atoms with E-state index in [4.69, 9.17) is 0 Å². The summed E-state index contributed by atoms with van der Waals surface area (Å²) in [4.78, 5) is 0. The molecular weight excluding hydrogens is 247 g/mol. The van der Waals surface area contributed by atoms with E-state index in [0.29, 0.717) is 3.27 Å². The molecule has 0 rings (SSSR count). The van der Waals surface area contributed by atoms with Crippen molar-refractivity contribution in [2.45, 2.75) is 48.7 Å². The fraction of sp³-hybridized carbons (Fsp3) is 1.00. The molecule has 0 spiro atoms. The fourth-order valence-electron chi connectivity index (χ4n) is 0.941. The molecular formula is C8H17SSn. The van der Waals surface area contributed by atoms with Crippen LogP contribution >= 0.6 is 12.6 Å². The van der Waals surface area contributed by atoms with Crippen LogP contribution in [0.3, 0.4) is 0 Å².